The third-order valence-corrected chi connectivity index (χ3v) is 6.04. The van der Waals surface area contributed by atoms with Crippen molar-refractivity contribution in [3.63, 3.8) is 0 Å². The Bertz CT molecular complexity index is 1080. The SMILES string of the molecule is CN(C(=O)COCCn1ccc2ccc(C(N)=O)cc21)C1CCN(c2cnccn2)CC1. The van der Waals surface area contributed by atoms with Crippen molar-refractivity contribution in [2.45, 2.75) is 25.4 Å². The van der Waals surface area contributed by atoms with E-state index in [4.69, 9.17) is 10.5 Å². The minimum atomic E-state index is -0.452. The molecule has 9 heteroatoms. The topological polar surface area (TPSA) is 107 Å². The Morgan fingerprint density at radius 1 is 1.22 bits per heavy atom. The Morgan fingerprint density at radius 3 is 2.75 bits per heavy atom. The van der Waals surface area contributed by atoms with E-state index < -0.39 is 5.91 Å². The van der Waals surface area contributed by atoms with Crippen LogP contribution in [0.5, 0.6) is 0 Å². The minimum Gasteiger partial charge on any atom is -0.370 e. The molecule has 3 aromatic rings. The van der Waals surface area contributed by atoms with Crippen molar-refractivity contribution in [3.8, 4) is 0 Å². The number of carbonyl (C=O) groups is 2. The molecule has 0 bridgehead atoms. The number of piperidine rings is 1. The fraction of sp³-hybridized carbons (Fsp3) is 0.391. The number of primary amides is 1. The largest absolute Gasteiger partial charge is 0.370 e. The Balaban J connectivity index is 1.23. The first-order chi connectivity index (χ1) is 15.5. The van der Waals surface area contributed by atoms with E-state index in [0.29, 0.717) is 18.7 Å². The highest BCUT2D eigenvalue weighted by Gasteiger charge is 2.26. The van der Waals surface area contributed by atoms with Crippen LogP contribution in [-0.2, 0) is 16.1 Å². The van der Waals surface area contributed by atoms with Crippen molar-refractivity contribution in [3.05, 3.63) is 54.6 Å². The van der Waals surface area contributed by atoms with Gasteiger partial charge in [-0.2, -0.15) is 0 Å². The molecule has 0 aliphatic carbocycles. The Hall–Kier alpha value is -3.46. The molecule has 0 spiro atoms. The highest BCUT2D eigenvalue weighted by Crippen LogP contribution is 2.20. The number of carbonyl (C=O) groups excluding carboxylic acids is 2. The zero-order valence-corrected chi connectivity index (χ0v) is 18.2. The van der Waals surface area contributed by atoms with Gasteiger partial charge in [-0.05, 0) is 36.4 Å². The van der Waals surface area contributed by atoms with Crippen molar-refractivity contribution in [1.29, 1.82) is 0 Å². The zero-order chi connectivity index (χ0) is 22.5. The van der Waals surface area contributed by atoms with E-state index >= 15 is 0 Å². The van der Waals surface area contributed by atoms with Crippen LogP contribution >= 0.6 is 0 Å². The Morgan fingerprint density at radius 2 is 2.03 bits per heavy atom. The van der Waals surface area contributed by atoms with Gasteiger partial charge in [-0.15, -0.1) is 0 Å². The van der Waals surface area contributed by atoms with Crippen LogP contribution in [0.1, 0.15) is 23.2 Å². The van der Waals surface area contributed by atoms with Crippen LogP contribution in [0.3, 0.4) is 0 Å². The van der Waals surface area contributed by atoms with Crippen LogP contribution < -0.4 is 10.6 Å². The maximum atomic E-state index is 12.6. The number of anilines is 1. The van der Waals surface area contributed by atoms with E-state index in [0.717, 1.165) is 42.7 Å². The van der Waals surface area contributed by atoms with E-state index in [-0.39, 0.29) is 18.6 Å². The first kappa shape index (κ1) is 21.8. The van der Waals surface area contributed by atoms with Gasteiger partial charge in [0.1, 0.15) is 12.4 Å². The van der Waals surface area contributed by atoms with Crippen molar-refractivity contribution in [2.24, 2.45) is 5.73 Å². The molecule has 4 rings (SSSR count). The van der Waals surface area contributed by atoms with Gasteiger partial charge in [0.05, 0.1) is 12.8 Å². The van der Waals surface area contributed by atoms with Gasteiger partial charge in [0.2, 0.25) is 11.8 Å². The van der Waals surface area contributed by atoms with Gasteiger partial charge < -0.3 is 24.8 Å². The molecule has 0 saturated carbocycles. The highest BCUT2D eigenvalue weighted by atomic mass is 16.5. The Labute approximate surface area is 186 Å². The molecule has 32 heavy (non-hydrogen) atoms. The molecule has 1 aromatic carbocycles. The number of hydrogen-bond acceptors (Lipinski definition) is 6. The number of ether oxygens (including phenoxy) is 1. The van der Waals surface area contributed by atoms with Crippen LogP contribution in [-0.4, -0.2) is 70.6 Å². The third-order valence-electron chi connectivity index (χ3n) is 6.04. The lowest BCUT2D eigenvalue weighted by Gasteiger charge is -2.37. The summed E-state index contributed by atoms with van der Waals surface area (Å²) in [7, 11) is 1.85. The third kappa shape index (κ3) is 4.88. The number of nitrogens with two attached hydrogens (primary N) is 1. The fourth-order valence-electron chi connectivity index (χ4n) is 4.10. The highest BCUT2D eigenvalue weighted by molar-refractivity contribution is 5.97. The van der Waals surface area contributed by atoms with Gasteiger partial charge in [0.15, 0.2) is 0 Å². The monoisotopic (exact) mass is 436 g/mol. The lowest BCUT2D eigenvalue weighted by Crippen LogP contribution is -2.46. The molecule has 1 fully saturated rings. The molecule has 0 atom stereocenters. The normalized spacial score (nSPS) is 14.6. The van der Waals surface area contributed by atoms with Gasteiger partial charge in [-0.3, -0.25) is 14.6 Å². The molecule has 0 unspecified atom stereocenters. The molecule has 2 amide bonds. The standard InChI is InChI=1S/C23H28N6O3/c1-27(19-5-10-29(11-6-19)21-15-25-7-8-26-21)22(30)16-32-13-12-28-9-4-17-2-3-18(23(24)31)14-20(17)28/h2-4,7-9,14-15,19H,5-6,10-13,16H2,1H3,(H2,24,31). The molecule has 1 saturated heterocycles. The number of nitrogens with zero attached hydrogens (tertiary/aromatic N) is 5. The molecule has 168 valence electrons. The zero-order valence-electron chi connectivity index (χ0n) is 18.2. The van der Waals surface area contributed by atoms with Crippen molar-refractivity contribution < 1.29 is 14.3 Å². The van der Waals surface area contributed by atoms with Crippen LogP contribution in [0.15, 0.2) is 49.1 Å². The average molecular weight is 437 g/mol. The molecule has 1 aliphatic heterocycles. The summed E-state index contributed by atoms with van der Waals surface area (Å²) >= 11 is 0. The summed E-state index contributed by atoms with van der Waals surface area (Å²) in [5.74, 6) is 0.409. The van der Waals surface area contributed by atoms with Crippen LogP contribution in [0.2, 0.25) is 0 Å². The molecule has 2 aromatic heterocycles. The second-order valence-corrected chi connectivity index (χ2v) is 7.99. The average Bonchev–Trinajstić information content (AvgIpc) is 3.24. The number of hydrogen-bond donors (Lipinski definition) is 1. The van der Waals surface area contributed by atoms with Crippen molar-refractivity contribution in [2.75, 3.05) is 38.3 Å². The number of aromatic nitrogens is 3. The second kappa shape index (κ2) is 9.78. The lowest BCUT2D eigenvalue weighted by atomic mass is 10.0. The summed E-state index contributed by atoms with van der Waals surface area (Å²) in [5, 5.41) is 1.03. The van der Waals surface area contributed by atoms with Gasteiger partial charge in [0, 0.05) is 62.4 Å². The summed E-state index contributed by atoms with van der Waals surface area (Å²) in [6, 6.07) is 7.55. The number of amides is 2. The number of rotatable bonds is 8. The van der Waals surface area contributed by atoms with Gasteiger partial charge in [-0.25, -0.2) is 4.98 Å². The van der Waals surface area contributed by atoms with E-state index in [2.05, 4.69) is 14.9 Å². The smallest absolute Gasteiger partial charge is 0.248 e. The van der Waals surface area contributed by atoms with Crippen molar-refractivity contribution >= 4 is 28.5 Å². The van der Waals surface area contributed by atoms with E-state index in [1.807, 2.05) is 29.9 Å². The molecule has 2 N–H and O–H groups in total. The molecule has 9 nitrogen and oxygen atoms in total. The summed E-state index contributed by atoms with van der Waals surface area (Å²) in [6.07, 6.45) is 8.84. The van der Waals surface area contributed by atoms with E-state index in [1.54, 1.807) is 35.6 Å². The van der Waals surface area contributed by atoms with Gasteiger partial charge >= 0.3 is 0 Å². The van der Waals surface area contributed by atoms with E-state index in [1.165, 1.54) is 0 Å². The summed E-state index contributed by atoms with van der Waals surface area (Å²) in [5.41, 5.74) is 6.77. The predicted octanol–water partition coefficient (Wildman–Crippen LogP) is 1.67. The maximum absolute atomic E-state index is 12.6. The van der Waals surface area contributed by atoms with E-state index in [9.17, 15) is 9.59 Å². The van der Waals surface area contributed by atoms with Crippen molar-refractivity contribution in [1.82, 2.24) is 19.4 Å². The molecule has 0 radical (unpaired) electrons. The van der Waals surface area contributed by atoms with Crippen LogP contribution in [0, 0.1) is 0 Å². The molecule has 3 heterocycles. The number of likely N-dealkylation sites (N-methyl/N-ethyl adjacent to an activating group) is 1. The molecule has 1 aliphatic rings. The van der Waals surface area contributed by atoms with Gasteiger partial charge in [0.25, 0.3) is 0 Å². The predicted molar refractivity (Wildman–Crippen MR) is 121 cm³/mol. The fourth-order valence-corrected chi connectivity index (χ4v) is 4.10. The summed E-state index contributed by atoms with van der Waals surface area (Å²) < 4.78 is 7.66. The lowest BCUT2D eigenvalue weighted by molar-refractivity contribution is -0.137. The minimum absolute atomic E-state index is 0.0173. The van der Waals surface area contributed by atoms with Crippen LogP contribution in [0.4, 0.5) is 5.82 Å². The molecular weight excluding hydrogens is 408 g/mol. The maximum Gasteiger partial charge on any atom is 0.248 e. The Kier molecular flexibility index (Phi) is 6.65. The first-order valence-corrected chi connectivity index (χ1v) is 10.8. The summed E-state index contributed by atoms with van der Waals surface area (Å²) in [6.45, 7) is 2.72. The van der Waals surface area contributed by atoms with Crippen LogP contribution in [0.25, 0.3) is 10.9 Å². The number of benzene rings is 1. The molecular formula is C23H28N6O3. The summed E-state index contributed by atoms with van der Waals surface area (Å²) in [4.78, 5) is 36.5. The van der Waals surface area contributed by atoms with Gasteiger partial charge in [-0.1, -0.05) is 6.07 Å². The second-order valence-electron chi connectivity index (χ2n) is 7.99. The first-order valence-electron chi connectivity index (χ1n) is 10.8. The quantitative estimate of drug-likeness (QED) is 0.539. The number of fused-ring (bicyclic) bond motifs is 1.